The Labute approximate surface area is 147 Å². The van der Waals surface area contributed by atoms with Gasteiger partial charge in [0.2, 0.25) is 0 Å². The quantitative estimate of drug-likeness (QED) is 0.514. The van der Waals surface area contributed by atoms with E-state index in [-0.39, 0.29) is 0 Å². The Balaban J connectivity index is 1.70. The molecule has 0 fully saturated rings. The number of thiophene rings is 1. The number of H-pyrrole nitrogens is 1. The van der Waals surface area contributed by atoms with Gasteiger partial charge in [0.25, 0.3) is 5.91 Å². The molecule has 124 valence electrons. The van der Waals surface area contributed by atoms with E-state index in [1.807, 2.05) is 41.9 Å². The number of nitrogens with one attached hydrogen (secondary N) is 2. The Kier molecular flexibility index (Phi) is 3.91. The van der Waals surface area contributed by atoms with E-state index in [0.29, 0.717) is 11.4 Å². The van der Waals surface area contributed by atoms with Gasteiger partial charge >= 0.3 is 0 Å². The first-order valence-corrected chi connectivity index (χ1v) is 8.58. The standard InChI is InChI=1S/C18H15N5OS/c19-17(24)15-7-12(10-25-15)14-8-16(23-18-13(14)3-6-21-18)22-9-11-1-4-20-5-2-11/h1-8,10H,9H2,(H2,19,24)(H2,21,22,23). The Morgan fingerprint density at radius 2 is 2.08 bits per heavy atom. The number of hydrogen-bond donors (Lipinski definition) is 3. The zero-order chi connectivity index (χ0) is 17.2. The first kappa shape index (κ1) is 15.3. The van der Waals surface area contributed by atoms with E-state index in [4.69, 9.17) is 5.73 Å². The van der Waals surface area contributed by atoms with Gasteiger partial charge in [-0.1, -0.05) is 0 Å². The molecular formula is C18H15N5OS. The molecular weight excluding hydrogens is 334 g/mol. The summed E-state index contributed by atoms with van der Waals surface area (Å²) in [5, 5.41) is 6.28. The lowest BCUT2D eigenvalue weighted by molar-refractivity contribution is 0.100. The number of aromatic amines is 1. The van der Waals surface area contributed by atoms with Crippen LogP contribution in [0.15, 0.2) is 54.3 Å². The summed E-state index contributed by atoms with van der Waals surface area (Å²) in [6.07, 6.45) is 5.39. The first-order chi connectivity index (χ1) is 12.2. The number of amides is 1. The van der Waals surface area contributed by atoms with Crippen LogP contribution in [0.25, 0.3) is 22.2 Å². The van der Waals surface area contributed by atoms with Gasteiger partial charge < -0.3 is 16.0 Å². The molecule has 0 radical (unpaired) electrons. The molecule has 0 aliphatic heterocycles. The fourth-order valence-corrected chi connectivity index (χ4v) is 3.43. The van der Waals surface area contributed by atoms with Gasteiger partial charge in [0, 0.05) is 30.5 Å². The van der Waals surface area contributed by atoms with E-state index < -0.39 is 5.91 Å². The normalized spacial score (nSPS) is 10.9. The molecule has 4 rings (SSSR count). The highest BCUT2D eigenvalue weighted by atomic mass is 32.1. The minimum atomic E-state index is -0.411. The van der Waals surface area contributed by atoms with Gasteiger partial charge in [0.1, 0.15) is 11.5 Å². The van der Waals surface area contributed by atoms with Gasteiger partial charge in [-0.2, -0.15) is 0 Å². The molecule has 7 heteroatoms. The van der Waals surface area contributed by atoms with Crippen molar-refractivity contribution in [1.82, 2.24) is 15.0 Å². The lowest BCUT2D eigenvalue weighted by Gasteiger charge is -2.09. The number of hydrogen-bond acceptors (Lipinski definition) is 5. The number of fused-ring (bicyclic) bond motifs is 1. The molecule has 0 atom stereocenters. The number of carbonyl (C=O) groups is 1. The van der Waals surface area contributed by atoms with E-state index in [9.17, 15) is 4.79 Å². The number of primary amides is 1. The zero-order valence-corrected chi connectivity index (χ0v) is 14.0. The SMILES string of the molecule is NC(=O)c1cc(-c2cc(NCc3ccncc3)nc3[nH]ccc23)cs1. The molecule has 6 nitrogen and oxygen atoms in total. The van der Waals surface area contributed by atoms with Crippen molar-refractivity contribution in [3.63, 3.8) is 0 Å². The number of nitrogens with two attached hydrogens (primary N) is 1. The van der Waals surface area contributed by atoms with Crippen molar-refractivity contribution in [3.05, 3.63) is 64.7 Å². The number of nitrogens with zero attached hydrogens (tertiary/aromatic N) is 2. The van der Waals surface area contributed by atoms with Crippen LogP contribution >= 0.6 is 11.3 Å². The van der Waals surface area contributed by atoms with Crippen molar-refractivity contribution in [2.75, 3.05) is 5.32 Å². The fraction of sp³-hybridized carbons (Fsp3) is 0.0556. The lowest BCUT2D eigenvalue weighted by atomic mass is 10.1. The Bertz CT molecular complexity index is 1040. The van der Waals surface area contributed by atoms with E-state index >= 15 is 0 Å². The van der Waals surface area contributed by atoms with Crippen molar-refractivity contribution in [2.24, 2.45) is 5.73 Å². The summed E-state index contributed by atoms with van der Waals surface area (Å²) in [6, 6.07) is 9.70. The predicted octanol–water partition coefficient (Wildman–Crippen LogP) is 3.40. The third kappa shape index (κ3) is 3.09. The van der Waals surface area contributed by atoms with Gasteiger partial charge in [0.05, 0.1) is 4.88 Å². The van der Waals surface area contributed by atoms with E-state index in [1.165, 1.54) is 11.3 Å². The molecule has 0 saturated carbocycles. The molecule has 0 bridgehead atoms. The Morgan fingerprint density at radius 3 is 2.84 bits per heavy atom. The highest BCUT2D eigenvalue weighted by Crippen LogP contribution is 2.32. The smallest absolute Gasteiger partial charge is 0.258 e. The number of carbonyl (C=O) groups excluding carboxylic acids is 1. The molecule has 4 aromatic rings. The second-order valence-corrected chi connectivity index (χ2v) is 6.48. The zero-order valence-electron chi connectivity index (χ0n) is 13.2. The van der Waals surface area contributed by atoms with Crippen LogP contribution in [0.3, 0.4) is 0 Å². The summed E-state index contributed by atoms with van der Waals surface area (Å²) in [4.78, 5) is 23.7. The molecule has 4 aromatic heterocycles. The molecule has 4 N–H and O–H groups in total. The molecule has 1 amide bonds. The van der Waals surface area contributed by atoms with Crippen molar-refractivity contribution in [1.29, 1.82) is 0 Å². The summed E-state index contributed by atoms with van der Waals surface area (Å²) in [6.45, 7) is 0.650. The molecule has 0 aliphatic carbocycles. The summed E-state index contributed by atoms with van der Waals surface area (Å²) in [5.74, 6) is 0.347. The summed E-state index contributed by atoms with van der Waals surface area (Å²) in [7, 11) is 0. The summed E-state index contributed by atoms with van der Waals surface area (Å²) < 4.78 is 0. The number of rotatable bonds is 5. The van der Waals surface area contributed by atoms with Crippen LogP contribution in [0.4, 0.5) is 5.82 Å². The highest BCUT2D eigenvalue weighted by molar-refractivity contribution is 7.12. The maximum Gasteiger partial charge on any atom is 0.258 e. The molecule has 0 unspecified atom stereocenters. The largest absolute Gasteiger partial charge is 0.366 e. The Morgan fingerprint density at radius 1 is 1.24 bits per heavy atom. The first-order valence-electron chi connectivity index (χ1n) is 7.70. The lowest BCUT2D eigenvalue weighted by Crippen LogP contribution is -2.08. The second kappa shape index (κ2) is 6.37. The van der Waals surface area contributed by atoms with Crippen molar-refractivity contribution < 1.29 is 4.79 Å². The van der Waals surface area contributed by atoms with Crippen molar-refractivity contribution in [3.8, 4) is 11.1 Å². The minimum absolute atomic E-state index is 0.411. The van der Waals surface area contributed by atoms with Crippen molar-refractivity contribution in [2.45, 2.75) is 6.54 Å². The maximum absolute atomic E-state index is 11.4. The van der Waals surface area contributed by atoms with Crippen LogP contribution in [-0.4, -0.2) is 20.9 Å². The fourth-order valence-electron chi connectivity index (χ4n) is 2.67. The average Bonchev–Trinajstić information content (AvgIpc) is 3.29. The van der Waals surface area contributed by atoms with E-state index in [0.717, 1.165) is 33.5 Å². The van der Waals surface area contributed by atoms with Crippen LogP contribution in [0.5, 0.6) is 0 Å². The Hall–Kier alpha value is -3.19. The molecule has 0 spiro atoms. The van der Waals surface area contributed by atoms with Gasteiger partial charge in [0.15, 0.2) is 0 Å². The molecule has 0 aromatic carbocycles. The van der Waals surface area contributed by atoms with E-state index in [2.05, 4.69) is 20.3 Å². The summed E-state index contributed by atoms with van der Waals surface area (Å²) >= 11 is 1.35. The predicted molar refractivity (Wildman–Crippen MR) is 99.5 cm³/mol. The maximum atomic E-state index is 11.4. The van der Waals surface area contributed by atoms with Gasteiger partial charge in [-0.15, -0.1) is 11.3 Å². The van der Waals surface area contributed by atoms with E-state index in [1.54, 1.807) is 12.4 Å². The minimum Gasteiger partial charge on any atom is -0.366 e. The van der Waals surface area contributed by atoms with Crippen LogP contribution < -0.4 is 11.1 Å². The molecule has 0 saturated heterocycles. The number of aromatic nitrogens is 3. The van der Waals surface area contributed by atoms with Crippen LogP contribution in [0.1, 0.15) is 15.2 Å². The molecule has 25 heavy (non-hydrogen) atoms. The van der Waals surface area contributed by atoms with Gasteiger partial charge in [-0.05, 0) is 52.4 Å². The second-order valence-electron chi connectivity index (χ2n) is 5.57. The molecule has 4 heterocycles. The van der Waals surface area contributed by atoms with Gasteiger partial charge in [-0.3, -0.25) is 9.78 Å². The average molecular weight is 349 g/mol. The van der Waals surface area contributed by atoms with Gasteiger partial charge in [-0.25, -0.2) is 4.98 Å². The highest BCUT2D eigenvalue weighted by Gasteiger charge is 2.12. The van der Waals surface area contributed by atoms with Crippen LogP contribution in [0.2, 0.25) is 0 Å². The van der Waals surface area contributed by atoms with Crippen molar-refractivity contribution >= 4 is 34.1 Å². The number of pyridine rings is 2. The monoisotopic (exact) mass is 349 g/mol. The third-order valence-corrected chi connectivity index (χ3v) is 4.85. The van der Waals surface area contributed by atoms with Crippen LogP contribution in [-0.2, 0) is 6.54 Å². The third-order valence-electron chi connectivity index (χ3n) is 3.90. The summed E-state index contributed by atoms with van der Waals surface area (Å²) in [5.41, 5.74) is 9.25. The topological polar surface area (TPSA) is 96.7 Å². The van der Waals surface area contributed by atoms with Crippen LogP contribution in [0, 0.1) is 0 Å². The number of anilines is 1. The molecule has 0 aliphatic rings.